The maximum absolute atomic E-state index is 8.60. The fourth-order valence-corrected chi connectivity index (χ4v) is 1.04. The average molecular weight is 154 g/mol. The molecule has 0 aromatic carbocycles. The molecule has 1 rings (SSSR count). The Morgan fingerprint density at radius 3 is 3.00 bits per heavy atom. The van der Waals surface area contributed by atoms with Crippen molar-refractivity contribution in [1.82, 2.24) is 9.97 Å². The van der Waals surface area contributed by atoms with Crippen molar-refractivity contribution in [2.45, 2.75) is 26.2 Å². The molecule has 1 heterocycles. The molecule has 11 heavy (non-hydrogen) atoms. The van der Waals surface area contributed by atoms with E-state index in [0.29, 0.717) is 6.42 Å². The van der Waals surface area contributed by atoms with Crippen LogP contribution in [0.3, 0.4) is 0 Å². The Hall–Kier alpha value is -0.830. The van der Waals surface area contributed by atoms with Crippen LogP contribution in [0, 0.1) is 0 Å². The van der Waals surface area contributed by atoms with Crippen LogP contribution >= 0.6 is 0 Å². The highest BCUT2D eigenvalue weighted by Crippen LogP contribution is 2.00. The fourth-order valence-electron chi connectivity index (χ4n) is 1.04. The maximum atomic E-state index is 8.60. The van der Waals surface area contributed by atoms with E-state index < -0.39 is 0 Å². The molecule has 3 nitrogen and oxygen atoms in total. The largest absolute Gasteiger partial charge is 0.396 e. The average Bonchev–Trinajstić information content (AvgIpc) is 2.38. The van der Waals surface area contributed by atoms with Gasteiger partial charge in [0.25, 0.3) is 0 Å². The molecule has 0 radical (unpaired) electrons. The Kier molecular flexibility index (Phi) is 3.11. The van der Waals surface area contributed by atoms with E-state index in [4.69, 9.17) is 5.11 Å². The molecule has 1 aromatic heterocycles. The van der Waals surface area contributed by atoms with Crippen LogP contribution in [0.15, 0.2) is 6.20 Å². The number of aromatic nitrogens is 2. The summed E-state index contributed by atoms with van der Waals surface area (Å²) in [5.41, 5.74) is 1.16. The molecule has 0 aliphatic carbocycles. The van der Waals surface area contributed by atoms with Gasteiger partial charge < -0.3 is 10.1 Å². The Labute approximate surface area is 66.5 Å². The third kappa shape index (κ3) is 2.35. The maximum Gasteiger partial charge on any atom is 0.108 e. The number of hydrogen-bond donors (Lipinski definition) is 2. The summed E-state index contributed by atoms with van der Waals surface area (Å²) in [5.74, 6) is 0.885. The normalized spacial score (nSPS) is 10.4. The SMILES string of the molecule is CCCc1cnc(CCO)[nH]1. The summed E-state index contributed by atoms with van der Waals surface area (Å²) in [6, 6.07) is 0. The lowest BCUT2D eigenvalue weighted by atomic mass is 10.3. The Bertz CT molecular complexity index is 187. The van der Waals surface area contributed by atoms with E-state index in [9.17, 15) is 0 Å². The van der Waals surface area contributed by atoms with Crippen LogP contribution in [0.5, 0.6) is 0 Å². The van der Waals surface area contributed by atoms with Gasteiger partial charge in [-0.1, -0.05) is 13.3 Å². The van der Waals surface area contributed by atoms with E-state index in [1.54, 1.807) is 0 Å². The first-order valence-electron chi connectivity index (χ1n) is 4.00. The van der Waals surface area contributed by atoms with E-state index >= 15 is 0 Å². The number of nitrogens with one attached hydrogen (secondary N) is 1. The highest BCUT2D eigenvalue weighted by Gasteiger charge is 1.97. The molecule has 0 saturated carbocycles. The molecule has 62 valence electrons. The molecule has 0 bridgehead atoms. The zero-order chi connectivity index (χ0) is 8.10. The smallest absolute Gasteiger partial charge is 0.108 e. The highest BCUT2D eigenvalue weighted by molar-refractivity contribution is 5.01. The number of H-pyrrole nitrogens is 1. The van der Waals surface area contributed by atoms with Crippen LogP contribution in [0.1, 0.15) is 24.9 Å². The van der Waals surface area contributed by atoms with Crippen molar-refractivity contribution >= 4 is 0 Å². The van der Waals surface area contributed by atoms with Crippen molar-refractivity contribution in [1.29, 1.82) is 0 Å². The molecule has 0 aliphatic heterocycles. The summed E-state index contributed by atoms with van der Waals surface area (Å²) in [4.78, 5) is 7.25. The molecule has 3 heteroatoms. The summed E-state index contributed by atoms with van der Waals surface area (Å²) in [6.45, 7) is 2.30. The van der Waals surface area contributed by atoms with Gasteiger partial charge in [-0.2, -0.15) is 0 Å². The third-order valence-electron chi connectivity index (χ3n) is 1.55. The van der Waals surface area contributed by atoms with Crippen LogP contribution in [0.2, 0.25) is 0 Å². The van der Waals surface area contributed by atoms with Crippen LogP contribution in [0.25, 0.3) is 0 Å². The van der Waals surface area contributed by atoms with Crippen molar-refractivity contribution in [2.75, 3.05) is 6.61 Å². The molecule has 0 fully saturated rings. The molecular weight excluding hydrogens is 140 g/mol. The number of aryl methyl sites for hydroxylation is 1. The Morgan fingerprint density at radius 1 is 1.55 bits per heavy atom. The number of aromatic amines is 1. The van der Waals surface area contributed by atoms with Crippen molar-refractivity contribution in [3.05, 3.63) is 17.7 Å². The monoisotopic (exact) mass is 154 g/mol. The van der Waals surface area contributed by atoms with E-state index in [2.05, 4.69) is 16.9 Å². The van der Waals surface area contributed by atoms with Gasteiger partial charge >= 0.3 is 0 Å². The van der Waals surface area contributed by atoms with Gasteiger partial charge in [-0.15, -0.1) is 0 Å². The molecule has 2 N–H and O–H groups in total. The number of aliphatic hydroxyl groups is 1. The predicted octanol–water partition coefficient (Wildman–Crippen LogP) is 0.897. The summed E-state index contributed by atoms with van der Waals surface area (Å²) in [7, 11) is 0. The number of aliphatic hydroxyl groups excluding tert-OH is 1. The molecule has 0 spiro atoms. The highest BCUT2D eigenvalue weighted by atomic mass is 16.3. The van der Waals surface area contributed by atoms with Gasteiger partial charge in [0, 0.05) is 18.3 Å². The molecule has 1 aromatic rings. The molecule has 0 atom stereocenters. The lowest BCUT2D eigenvalue weighted by Gasteiger charge is -1.91. The van der Waals surface area contributed by atoms with E-state index in [1.807, 2.05) is 6.20 Å². The fraction of sp³-hybridized carbons (Fsp3) is 0.625. The number of rotatable bonds is 4. The third-order valence-corrected chi connectivity index (χ3v) is 1.55. The molecule has 0 amide bonds. The summed E-state index contributed by atoms with van der Waals surface area (Å²) in [5, 5.41) is 8.60. The van der Waals surface area contributed by atoms with Crippen LogP contribution in [-0.2, 0) is 12.8 Å². The second-order valence-corrected chi connectivity index (χ2v) is 2.58. The first kappa shape index (κ1) is 8.27. The molecular formula is C8H14N2O. The van der Waals surface area contributed by atoms with Gasteiger partial charge in [0.2, 0.25) is 0 Å². The summed E-state index contributed by atoms with van der Waals surface area (Å²) < 4.78 is 0. The minimum absolute atomic E-state index is 0.166. The predicted molar refractivity (Wildman–Crippen MR) is 43.4 cm³/mol. The number of nitrogens with zero attached hydrogens (tertiary/aromatic N) is 1. The van der Waals surface area contributed by atoms with Gasteiger partial charge in [0.05, 0.1) is 6.61 Å². The van der Waals surface area contributed by atoms with Crippen LogP contribution in [0.4, 0.5) is 0 Å². The first-order chi connectivity index (χ1) is 5.36. The minimum Gasteiger partial charge on any atom is -0.396 e. The first-order valence-corrected chi connectivity index (χ1v) is 4.00. The van der Waals surface area contributed by atoms with Gasteiger partial charge in [-0.3, -0.25) is 0 Å². The van der Waals surface area contributed by atoms with Crippen LogP contribution in [-0.4, -0.2) is 21.7 Å². The van der Waals surface area contributed by atoms with Gasteiger partial charge in [-0.25, -0.2) is 4.98 Å². The quantitative estimate of drug-likeness (QED) is 0.676. The second-order valence-electron chi connectivity index (χ2n) is 2.58. The van der Waals surface area contributed by atoms with Crippen molar-refractivity contribution in [3.8, 4) is 0 Å². The van der Waals surface area contributed by atoms with Gasteiger partial charge in [0.1, 0.15) is 5.82 Å². The standard InChI is InChI=1S/C8H14N2O/c1-2-3-7-6-9-8(10-7)4-5-11/h6,11H,2-5H2,1H3,(H,9,10). The number of imidazole rings is 1. The zero-order valence-corrected chi connectivity index (χ0v) is 6.80. The minimum atomic E-state index is 0.166. The zero-order valence-electron chi connectivity index (χ0n) is 6.80. The summed E-state index contributed by atoms with van der Waals surface area (Å²) >= 11 is 0. The van der Waals surface area contributed by atoms with E-state index in [1.165, 1.54) is 0 Å². The molecule has 0 unspecified atom stereocenters. The lowest BCUT2D eigenvalue weighted by Crippen LogP contribution is -1.93. The molecule has 0 saturated heterocycles. The lowest BCUT2D eigenvalue weighted by molar-refractivity contribution is 0.297. The molecule has 0 aliphatic rings. The summed E-state index contributed by atoms with van der Waals surface area (Å²) in [6.07, 6.45) is 4.64. The van der Waals surface area contributed by atoms with E-state index in [-0.39, 0.29) is 6.61 Å². The van der Waals surface area contributed by atoms with Crippen molar-refractivity contribution in [2.24, 2.45) is 0 Å². The van der Waals surface area contributed by atoms with Gasteiger partial charge in [-0.05, 0) is 6.42 Å². The van der Waals surface area contributed by atoms with Crippen LogP contribution < -0.4 is 0 Å². The Morgan fingerprint density at radius 2 is 2.36 bits per heavy atom. The number of hydrogen-bond acceptors (Lipinski definition) is 2. The topological polar surface area (TPSA) is 48.9 Å². The second kappa shape index (κ2) is 4.13. The van der Waals surface area contributed by atoms with Crippen molar-refractivity contribution in [3.63, 3.8) is 0 Å². The Balaban J connectivity index is 2.51. The van der Waals surface area contributed by atoms with E-state index in [0.717, 1.165) is 24.4 Å². The van der Waals surface area contributed by atoms with Gasteiger partial charge in [0.15, 0.2) is 0 Å². The van der Waals surface area contributed by atoms with Crippen molar-refractivity contribution < 1.29 is 5.11 Å².